The van der Waals surface area contributed by atoms with Gasteiger partial charge in [0.05, 0.1) is 5.69 Å². The molecule has 6 nitrogen and oxygen atoms in total. The van der Waals surface area contributed by atoms with Crippen LogP contribution >= 0.6 is 11.6 Å². The maximum atomic E-state index is 14.0. The summed E-state index contributed by atoms with van der Waals surface area (Å²) in [7, 11) is 0. The lowest BCUT2D eigenvalue weighted by Gasteiger charge is -2.28. The Morgan fingerprint density at radius 1 is 1.03 bits per heavy atom. The molecule has 8 heteroatoms. The number of hydrogen-bond acceptors (Lipinski definition) is 4. The second-order valence-corrected chi connectivity index (χ2v) is 8.25. The van der Waals surface area contributed by atoms with Crippen LogP contribution in [0, 0.1) is 19.7 Å². The molecule has 1 saturated heterocycles. The molecule has 172 valence electrons. The van der Waals surface area contributed by atoms with Crippen molar-refractivity contribution in [2.45, 2.75) is 20.5 Å². The van der Waals surface area contributed by atoms with Crippen LogP contribution in [0.4, 0.5) is 14.9 Å². The van der Waals surface area contributed by atoms with E-state index in [9.17, 15) is 18.8 Å². The Hall–Kier alpha value is -3.97. The number of halogens is 2. The summed E-state index contributed by atoms with van der Waals surface area (Å²) in [4.78, 5) is 39.4. The molecule has 4 rings (SSSR count). The van der Waals surface area contributed by atoms with Crippen molar-refractivity contribution in [2.24, 2.45) is 0 Å². The molecule has 34 heavy (non-hydrogen) atoms. The van der Waals surface area contributed by atoms with Crippen molar-refractivity contribution in [1.29, 1.82) is 0 Å². The molecule has 1 fully saturated rings. The molecule has 0 unspecified atom stereocenters. The Morgan fingerprint density at radius 2 is 1.79 bits per heavy atom. The maximum absolute atomic E-state index is 14.0. The van der Waals surface area contributed by atoms with Gasteiger partial charge in [-0.25, -0.2) is 14.1 Å². The van der Waals surface area contributed by atoms with E-state index in [1.165, 1.54) is 18.2 Å². The molecule has 0 atom stereocenters. The SMILES string of the molecule is Cc1ccc(C)c(N2C(=O)NC(=O)/C(=C\c3cc(Cl)ccc3OCc3ccccc3F)C2=O)c1. The highest BCUT2D eigenvalue weighted by molar-refractivity contribution is 6.39. The van der Waals surface area contributed by atoms with Gasteiger partial charge in [0.15, 0.2) is 0 Å². The monoisotopic (exact) mass is 478 g/mol. The number of amides is 4. The van der Waals surface area contributed by atoms with Crippen LogP contribution in [-0.2, 0) is 16.2 Å². The first-order valence-electron chi connectivity index (χ1n) is 10.4. The summed E-state index contributed by atoms with van der Waals surface area (Å²) < 4.78 is 19.8. The van der Waals surface area contributed by atoms with Crippen molar-refractivity contribution >= 4 is 41.2 Å². The molecule has 3 aromatic carbocycles. The number of urea groups is 1. The summed E-state index contributed by atoms with van der Waals surface area (Å²) in [6.45, 7) is 3.53. The zero-order valence-corrected chi connectivity index (χ0v) is 19.2. The van der Waals surface area contributed by atoms with Crippen LogP contribution in [0.15, 0.2) is 66.2 Å². The van der Waals surface area contributed by atoms with Crippen LogP contribution in [-0.4, -0.2) is 17.8 Å². The Labute approximate surface area is 200 Å². The van der Waals surface area contributed by atoms with E-state index in [1.54, 1.807) is 49.4 Å². The Bertz CT molecular complexity index is 1350. The highest BCUT2D eigenvalue weighted by Gasteiger charge is 2.37. The molecular weight excluding hydrogens is 459 g/mol. The minimum absolute atomic E-state index is 0.0717. The zero-order chi connectivity index (χ0) is 24.4. The first kappa shape index (κ1) is 23.2. The molecule has 1 heterocycles. The minimum atomic E-state index is -0.836. The van der Waals surface area contributed by atoms with Crippen LogP contribution in [0.5, 0.6) is 5.75 Å². The fourth-order valence-electron chi connectivity index (χ4n) is 3.53. The van der Waals surface area contributed by atoms with E-state index in [2.05, 4.69) is 5.32 Å². The average Bonchev–Trinajstić information content (AvgIpc) is 2.79. The molecule has 4 amide bonds. The lowest BCUT2D eigenvalue weighted by atomic mass is 10.0. The van der Waals surface area contributed by atoms with Gasteiger partial charge < -0.3 is 4.74 Å². The van der Waals surface area contributed by atoms with Gasteiger partial charge in [-0.15, -0.1) is 0 Å². The van der Waals surface area contributed by atoms with E-state index < -0.39 is 23.7 Å². The highest BCUT2D eigenvalue weighted by atomic mass is 35.5. The third kappa shape index (κ3) is 4.70. The van der Waals surface area contributed by atoms with Gasteiger partial charge in [0.25, 0.3) is 11.8 Å². The van der Waals surface area contributed by atoms with Crippen LogP contribution in [0.3, 0.4) is 0 Å². The van der Waals surface area contributed by atoms with E-state index in [0.29, 0.717) is 27.4 Å². The molecule has 0 bridgehead atoms. The van der Waals surface area contributed by atoms with Crippen molar-refractivity contribution in [2.75, 3.05) is 4.90 Å². The van der Waals surface area contributed by atoms with Crippen molar-refractivity contribution < 1.29 is 23.5 Å². The number of ether oxygens (including phenoxy) is 1. The predicted octanol–water partition coefficient (Wildman–Crippen LogP) is 5.34. The average molecular weight is 479 g/mol. The van der Waals surface area contributed by atoms with Crippen LogP contribution < -0.4 is 15.0 Å². The lowest BCUT2D eigenvalue weighted by molar-refractivity contribution is -0.122. The van der Waals surface area contributed by atoms with Crippen molar-refractivity contribution in [3.8, 4) is 5.75 Å². The highest BCUT2D eigenvalue weighted by Crippen LogP contribution is 2.30. The van der Waals surface area contributed by atoms with Crippen molar-refractivity contribution in [3.05, 3.63) is 99.3 Å². The molecule has 1 N–H and O–H groups in total. The molecule has 0 aliphatic carbocycles. The third-order valence-corrected chi connectivity index (χ3v) is 5.56. The number of carbonyl (C=O) groups is 3. The van der Waals surface area contributed by atoms with Crippen molar-refractivity contribution in [1.82, 2.24) is 5.32 Å². The zero-order valence-electron chi connectivity index (χ0n) is 18.4. The Morgan fingerprint density at radius 3 is 2.56 bits per heavy atom. The summed E-state index contributed by atoms with van der Waals surface area (Å²) >= 11 is 6.14. The molecule has 0 saturated carbocycles. The van der Waals surface area contributed by atoms with E-state index >= 15 is 0 Å². The third-order valence-electron chi connectivity index (χ3n) is 5.32. The lowest BCUT2D eigenvalue weighted by Crippen LogP contribution is -2.54. The molecule has 0 spiro atoms. The standard InChI is InChI=1S/C26H20ClFN2O4/c1-15-7-8-16(2)22(11-15)30-25(32)20(24(31)29-26(30)33)13-18-12-19(27)9-10-23(18)34-14-17-5-3-4-6-21(17)28/h3-13H,14H2,1-2H3,(H,29,31,33)/b20-13+. The number of benzene rings is 3. The summed E-state index contributed by atoms with van der Waals surface area (Å²) in [5.74, 6) is -1.74. The summed E-state index contributed by atoms with van der Waals surface area (Å²) in [6, 6.07) is 15.4. The first-order chi connectivity index (χ1) is 16.2. The molecule has 1 aliphatic rings. The second-order valence-electron chi connectivity index (χ2n) is 7.81. The van der Waals surface area contributed by atoms with Crippen LogP contribution in [0.2, 0.25) is 5.02 Å². The summed E-state index contributed by atoms with van der Waals surface area (Å²) in [6.07, 6.45) is 1.31. The number of anilines is 1. The number of nitrogens with zero attached hydrogens (tertiary/aromatic N) is 1. The fourth-order valence-corrected chi connectivity index (χ4v) is 3.71. The molecule has 0 aromatic heterocycles. The van der Waals surface area contributed by atoms with Crippen LogP contribution in [0.1, 0.15) is 22.3 Å². The van der Waals surface area contributed by atoms with Crippen molar-refractivity contribution in [3.63, 3.8) is 0 Å². The normalized spacial score (nSPS) is 15.0. The van der Waals surface area contributed by atoms with Gasteiger partial charge >= 0.3 is 6.03 Å². The molecule has 1 aliphatic heterocycles. The number of imide groups is 2. The first-order valence-corrected chi connectivity index (χ1v) is 10.8. The van der Waals surface area contributed by atoms with Gasteiger partial charge in [-0.05, 0) is 61.4 Å². The maximum Gasteiger partial charge on any atom is 0.335 e. The molecule has 3 aromatic rings. The Kier molecular flexibility index (Phi) is 6.47. The predicted molar refractivity (Wildman–Crippen MR) is 127 cm³/mol. The largest absolute Gasteiger partial charge is 0.488 e. The van der Waals surface area contributed by atoms with Gasteiger partial charge in [-0.2, -0.15) is 0 Å². The van der Waals surface area contributed by atoms with E-state index in [0.717, 1.165) is 10.5 Å². The van der Waals surface area contributed by atoms with Gasteiger partial charge in [0.2, 0.25) is 0 Å². The minimum Gasteiger partial charge on any atom is -0.488 e. The van der Waals surface area contributed by atoms with Gasteiger partial charge in [0, 0.05) is 16.1 Å². The fraction of sp³-hybridized carbons (Fsp3) is 0.115. The number of aryl methyl sites for hydroxylation is 2. The van der Waals surface area contributed by atoms with Gasteiger partial charge in [-0.3, -0.25) is 14.9 Å². The molecule has 0 radical (unpaired) electrons. The smallest absolute Gasteiger partial charge is 0.335 e. The summed E-state index contributed by atoms with van der Waals surface area (Å²) in [5.41, 5.74) is 2.33. The quantitative estimate of drug-likeness (QED) is 0.396. The number of rotatable bonds is 5. The summed E-state index contributed by atoms with van der Waals surface area (Å²) in [5, 5.41) is 2.55. The van der Waals surface area contributed by atoms with Gasteiger partial charge in [0.1, 0.15) is 23.7 Å². The second kappa shape index (κ2) is 9.49. The molecular formula is C26H20ClFN2O4. The van der Waals surface area contributed by atoms with E-state index in [4.69, 9.17) is 16.3 Å². The number of carbonyl (C=O) groups excluding carboxylic acids is 3. The van der Waals surface area contributed by atoms with E-state index in [-0.39, 0.29) is 17.9 Å². The van der Waals surface area contributed by atoms with E-state index in [1.807, 2.05) is 13.0 Å². The Balaban J connectivity index is 1.71. The topological polar surface area (TPSA) is 75.7 Å². The number of hydrogen-bond donors (Lipinski definition) is 1. The van der Waals surface area contributed by atoms with Crippen LogP contribution in [0.25, 0.3) is 6.08 Å². The van der Waals surface area contributed by atoms with Gasteiger partial charge in [-0.1, -0.05) is 41.9 Å². The number of nitrogens with one attached hydrogen (secondary N) is 1. The number of barbiturate groups is 1.